The molecule has 6 nitrogen and oxygen atoms in total. The van der Waals surface area contributed by atoms with Gasteiger partial charge in [0.2, 0.25) is 0 Å². The first-order valence-electron chi connectivity index (χ1n) is 6.40. The number of methoxy groups -OCH3 is 1. The summed E-state index contributed by atoms with van der Waals surface area (Å²) in [5.74, 6) is -0.961. The summed E-state index contributed by atoms with van der Waals surface area (Å²) in [5, 5.41) is 11.5. The first kappa shape index (κ1) is 14.8. The minimum Gasteiger partial charge on any atom is -0.480 e. The summed E-state index contributed by atoms with van der Waals surface area (Å²) in [6.45, 7) is 1.12. The van der Waals surface area contributed by atoms with Crippen molar-refractivity contribution < 1.29 is 19.4 Å². The SMILES string of the molecule is COCCCCCNC(=O)N(CC(=O)O)C1CC1. The van der Waals surface area contributed by atoms with Gasteiger partial charge in [0.25, 0.3) is 0 Å². The molecule has 104 valence electrons. The summed E-state index contributed by atoms with van der Waals surface area (Å²) in [4.78, 5) is 23.8. The van der Waals surface area contributed by atoms with Gasteiger partial charge in [0.05, 0.1) is 0 Å². The molecule has 0 aromatic heterocycles. The van der Waals surface area contributed by atoms with Gasteiger partial charge in [-0.2, -0.15) is 0 Å². The fourth-order valence-corrected chi connectivity index (χ4v) is 1.74. The summed E-state index contributed by atoms with van der Waals surface area (Å²) in [6, 6.07) is -0.138. The fourth-order valence-electron chi connectivity index (χ4n) is 1.74. The van der Waals surface area contributed by atoms with Crippen molar-refractivity contribution in [2.75, 3.05) is 26.8 Å². The van der Waals surface area contributed by atoms with Crippen molar-refractivity contribution in [1.29, 1.82) is 0 Å². The number of carbonyl (C=O) groups is 2. The lowest BCUT2D eigenvalue weighted by molar-refractivity contribution is -0.137. The van der Waals surface area contributed by atoms with Crippen molar-refractivity contribution in [2.45, 2.75) is 38.1 Å². The van der Waals surface area contributed by atoms with Gasteiger partial charge in [0, 0.05) is 26.3 Å². The minimum atomic E-state index is -0.961. The molecule has 0 heterocycles. The molecule has 0 unspecified atom stereocenters. The third-order valence-electron chi connectivity index (χ3n) is 2.86. The average Bonchev–Trinajstić information content (AvgIpc) is 3.14. The Hall–Kier alpha value is -1.30. The number of carboxylic acid groups (broad SMARTS) is 1. The van der Waals surface area contributed by atoms with Gasteiger partial charge in [0.1, 0.15) is 6.54 Å². The molecule has 0 aromatic carbocycles. The number of nitrogens with zero attached hydrogens (tertiary/aromatic N) is 1. The van der Waals surface area contributed by atoms with Crippen LogP contribution in [0.1, 0.15) is 32.1 Å². The van der Waals surface area contributed by atoms with E-state index in [1.54, 1.807) is 7.11 Å². The molecule has 1 saturated carbocycles. The second-order valence-electron chi connectivity index (χ2n) is 4.54. The van der Waals surface area contributed by atoms with Crippen molar-refractivity contribution in [3.8, 4) is 0 Å². The highest BCUT2D eigenvalue weighted by molar-refractivity contribution is 5.80. The van der Waals surface area contributed by atoms with E-state index >= 15 is 0 Å². The second-order valence-corrected chi connectivity index (χ2v) is 4.54. The van der Waals surface area contributed by atoms with E-state index in [0.29, 0.717) is 6.54 Å². The van der Waals surface area contributed by atoms with E-state index in [0.717, 1.165) is 38.7 Å². The molecule has 0 aromatic rings. The third-order valence-corrected chi connectivity index (χ3v) is 2.86. The van der Waals surface area contributed by atoms with Crippen LogP contribution in [-0.2, 0) is 9.53 Å². The quantitative estimate of drug-likeness (QED) is 0.606. The van der Waals surface area contributed by atoms with Crippen LogP contribution in [0.2, 0.25) is 0 Å². The molecule has 18 heavy (non-hydrogen) atoms. The Morgan fingerprint density at radius 2 is 2.06 bits per heavy atom. The maximum Gasteiger partial charge on any atom is 0.323 e. The van der Waals surface area contributed by atoms with E-state index in [4.69, 9.17) is 9.84 Å². The van der Waals surface area contributed by atoms with E-state index in [1.165, 1.54) is 4.90 Å². The van der Waals surface area contributed by atoms with Gasteiger partial charge in [-0.25, -0.2) is 4.79 Å². The van der Waals surface area contributed by atoms with Gasteiger partial charge in [-0.3, -0.25) is 4.79 Å². The van der Waals surface area contributed by atoms with E-state index in [1.807, 2.05) is 0 Å². The molecule has 0 spiro atoms. The van der Waals surface area contributed by atoms with Gasteiger partial charge in [-0.15, -0.1) is 0 Å². The second kappa shape index (κ2) is 7.92. The highest BCUT2D eigenvalue weighted by Crippen LogP contribution is 2.26. The van der Waals surface area contributed by atoms with Crippen molar-refractivity contribution in [3.63, 3.8) is 0 Å². The normalized spacial score (nSPS) is 14.3. The zero-order valence-electron chi connectivity index (χ0n) is 10.9. The Balaban J connectivity index is 2.15. The van der Waals surface area contributed by atoms with Gasteiger partial charge < -0.3 is 20.1 Å². The molecule has 1 aliphatic carbocycles. The number of aliphatic carboxylic acids is 1. The summed E-state index contributed by atoms with van der Waals surface area (Å²) in [7, 11) is 1.67. The molecule has 2 amide bonds. The fraction of sp³-hybridized carbons (Fsp3) is 0.833. The molecule has 1 rings (SSSR count). The van der Waals surface area contributed by atoms with E-state index in [9.17, 15) is 9.59 Å². The van der Waals surface area contributed by atoms with E-state index in [-0.39, 0.29) is 18.6 Å². The number of carbonyl (C=O) groups excluding carboxylic acids is 1. The molecule has 6 heteroatoms. The summed E-state index contributed by atoms with van der Waals surface area (Å²) in [5.41, 5.74) is 0. The largest absolute Gasteiger partial charge is 0.480 e. The number of rotatable bonds is 9. The number of hydrogen-bond donors (Lipinski definition) is 2. The lowest BCUT2D eigenvalue weighted by atomic mass is 10.2. The Morgan fingerprint density at radius 3 is 2.61 bits per heavy atom. The summed E-state index contributed by atoms with van der Waals surface area (Å²) < 4.78 is 4.93. The van der Waals surface area contributed by atoms with Crippen LogP contribution in [-0.4, -0.2) is 54.9 Å². The van der Waals surface area contributed by atoms with Gasteiger partial charge in [-0.05, 0) is 32.1 Å². The first-order valence-corrected chi connectivity index (χ1v) is 6.40. The first-order chi connectivity index (χ1) is 8.65. The van der Waals surface area contributed by atoms with Crippen LogP contribution in [0, 0.1) is 0 Å². The van der Waals surface area contributed by atoms with Gasteiger partial charge >= 0.3 is 12.0 Å². The lowest BCUT2D eigenvalue weighted by Gasteiger charge is -2.20. The molecule has 0 atom stereocenters. The van der Waals surface area contributed by atoms with Crippen LogP contribution in [0.4, 0.5) is 4.79 Å². The highest BCUT2D eigenvalue weighted by atomic mass is 16.5. The molecule has 0 radical (unpaired) electrons. The smallest absolute Gasteiger partial charge is 0.323 e. The van der Waals surface area contributed by atoms with Crippen molar-refractivity contribution in [3.05, 3.63) is 0 Å². The monoisotopic (exact) mass is 258 g/mol. The van der Waals surface area contributed by atoms with Crippen LogP contribution < -0.4 is 5.32 Å². The van der Waals surface area contributed by atoms with Gasteiger partial charge in [-0.1, -0.05) is 0 Å². The summed E-state index contributed by atoms with van der Waals surface area (Å²) >= 11 is 0. The molecule has 0 aliphatic heterocycles. The maximum absolute atomic E-state index is 11.8. The van der Waals surface area contributed by atoms with E-state index < -0.39 is 5.97 Å². The van der Waals surface area contributed by atoms with Crippen LogP contribution in [0.5, 0.6) is 0 Å². The van der Waals surface area contributed by atoms with Crippen molar-refractivity contribution in [1.82, 2.24) is 10.2 Å². The topological polar surface area (TPSA) is 78.9 Å². The number of urea groups is 1. The predicted octanol–water partition coefficient (Wildman–Crippen LogP) is 1.06. The molecule has 1 aliphatic rings. The Labute approximate surface area is 107 Å². The standard InChI is InChI=1S/C12H22N2O4/c1-18-8-4-2-3-7-13-12(17)14(9-11(15)16)10-5-6-10/h10H,2-9H2,1H3,(H,13,17)(H,15,16). The number of hydrogen-bond acceptors (Lipinski definition) is 3. The number of ether oxygens (including phenoxy) is 1. The minimum absolute atomic E-state index is 0.120. The highest BCUT2D eigenvalue weighted by Gasteiger charge is 2.33. The van der Waals surface area contributed by atoms with Crippen molar-refractivity contribution in [2.24, 2.45) is 0 Å². The average molecular weight is 258 g/mol. The number of unbranched alkanes of at least 4 members (excludes halogenated alkanes) is 2. The van der Waals surface area contributed by atoms with Crippen molar-refractivity contribution >= 4 is 12.0 Å². The Kier molecular flexibility index (Phi) is 6.49. The van der Waals surface area contributed by atoms with Crippen LogP contribution in [0.15, 0.2) is 0 Å². The molecular formula is C12H22N2O4. The van der Waals surface area contributed by atoms with Crippen LogP contribution >= 0.6 is 0 Å². The molecular weight excluding hydrogens is 236 g/mol. The molecule has 1 fully saturated rings. The number of carboxylic acids is 1. The zero-order chi connectivity index (χ0) is 13.4. The van der Waals surface area contributed by atoms with Crippen LogP contribution in [0.3, 0.4) is 0 Å². The molecule has 2 N–H and O–H groups in total. The van der Waals surface area contributed by atoms with Crippen LogP contribution in [0.25, 0.3) is 0 Å². The Bertz CT molecular complexity index is 279. The molecule has 0 bridgehead atoms. The molecule has 0 saturated heterocycles. The van der Waals surface area contributed by atoms with Gasteiger partial charge in [0.15, 0.2) is 0 Å². The predicted molar refractivity (Wildman–Crippen MR) is 66.5 cm³/mol. The summed E-state index contributed by atoms with van der Waals surface area (Å²) in [6.07, 6.45) is 4.69. The maximum atomic E-state index is 11.8. The number of nitrogens with one attached hydrogen (secondary N) is 1. The third kappa shape index (κ3) is 5.86. The Morgan fingerprint density at radius 1 is 1.33 bits per heavy atom. The van der Waals surface area contributed by atoms with E-state index in [2.05, 4.69) is 5.32 Å². The number of amides is 2. The lowest BCUT2D eigenvalue weighted by Crippen LogP contribution is -2.44. The zero-order valence-corrected chi connectivity index (χ0v) is 10.9.